The molecule has 96 valence electrons. The van der Waals surface area contributed by atoms with Gasteiger partial charge in [-0.3, -0.25) is 9.78 Å². The van der Waals surface area contributed by atoms with Gasteiger partial charge in [-0.25, -0.2) is 4.79 Å². The van der Waals surface area contributed by atoms with E-state index in [1.165, 1.54) is 18.5 Å². The standard InChI is InChI=1S/C12H15N3O3/c13-11(16)8-2-1-5-15(7-8)10-6-14-4-3-9(10)12(17)18/h3-4,6,8H,1-2,5,7H2,(H2,13,16)(H,17,18). The highest BCUT2D eigenvalue weighted by atomic mass is 16.4. The van der Waals surface area contributed by atoms with E-state index in [0.29, 0.717) is 12.2 Å². The monoisotopic (exact) mass is 249 g/mol. The number of carbonyl (C=O) groups excluding carboxylic acids is 1. The molecule has 0 spiro atoms. The molecule has 6 nitrogen and oxygen atoms in total. The maximum Gasteiger partial charge on any atom is 0.337 e. The van der Waals surface area contributed by atoms with Crippen molar-refractivity contribution in [2.24, 2.45) is 11.7 Å². The topological polar surface area (TPSA) is 96.5 Å². The lowest BCUT2D eigenvalue weighted by Crippen LogP contribution is -2.41. The van der Waals surface area contributed by atoms with Crippen LogP contribution in [0.15, 0.2) is 18.5 Å². The third-order valence-corrected chi connectivity index (χ3v) is 3.19. The molecule has 0 radical (unpaired) electrons. The van der Waals surface area contributed by atoms with Crippen molar-refractivity contribution in [3.05, 3.63) is 24.0 Å². The number of hydrogen-bond acceptors (Lipinski definition) is 4. The van der Waals surface area contributed by atoms with Crippen molar-refractivity contribution in [2.75, 3.05) is 18.0 Å². The Bertz CT molecular complexity index is 475. The number of primary amides is 1. The lowest BCUT2D eigenvalue weighted by Gasteiger charge is -2.33. The second-order valence-corrected chi connectivity index (χ2v) is 4.39. The van der Waals surface area contributed by atoms with Crippen LogP contribution in [0.25, 0.3) is 0 Å². The second kappa shape index (κ2) is 5.03. The first-order valence-electron chi connectivity index (χ1n) is 5.81. The number of rotatable bonds is 3. The number of aromatic nitrogens is 1. The molecule has 2 heterocycles. The predicted octanol–water partition coefficient (Wildman–Crippen LogP) is 0.481. The molecule has 0 aliphatic carbocycles. The van der Waals surface area contributed by atoms with Gasteiger partial charge >= 0.3 is 5.97 Å². The number of aromatic carboxylic acids is 1. The summed E-state index contributed by atoms with van der Waals surface area (Å²) < 4.78 is 0. The fourth-order valence-electron chi connectivity index (χ4n) is 2.25. The molecular formula is C12H15N3O3. The molecule has 3 N–H and O–H groups in total. The van der Waals surface area contributed by atoms with Gasteiger partial charge in [-0.15, -0.1) is 0 Å². The third-order valence-electron chi connectivity index (χ3n) is 3.19. The average Bonchev–Trinajstić information content (AvgIpc) is 2.39. The van der Waals surface area contributed by atoms with Crippen molar-refractivity contribution in [3.63, 3.8) is 0 Å². The molecule has 0 bridgehead atoms. The number of anilines is 1. The minimum atomic E-state index is -0.992. The molecule has 1 aromatic heterocycles. The van der Waals surface area contributed by atoms with Crippen molar-refractivity contribution in [1.29, 1.82) is 0 Å². The zero-order valence-electron chi connectivity index (χ0n) is 9.87. The Balaban J connectivity index is 2.26. The lowest BCUT2D eigenvalue weighted by molar-refractivity contribution is -0.122. The number of carbonyl (C=O) groups is 2. The van der Waals surface area contributed by atoms with E-state index < -0.39 is 5.97 Å². The summed E-state index contributed by atoms with van der Waals surface area (Å²) in [5.74, 6) is -1.55. The van der Waals surface area contributed by atoms with Gasteiger partial charge in [-0.2, -0.15) is 0 Å². The van der Waals surface area contributed by atoms with Gasteiger partial charge in [0.15, 0.2) is 0 Å². The van der Waals surface area contributed by atoms with E-state index in [-0.39, 0.29) is 17.4 Å². The van der Waals surface area contributed by atoms with Crippen LogP contribution in [-0.2, 0) is 4.79 Å². The SMILES string of the molecule is NC(=O)C1CCCN(c2cnccc2C(=O)O)C1. The fraction of sp³-hybridized carbons (Fsp3) is 0.417. The summed E-state index contributed by atoms with van der Waals surface area (Å²) in [6, 6.07) is 1.46. The minimum Gasteiger partial charge on any atom is -0.478 e. The average molecular weight is 249 g/mol. The molecular weight excluding hydrogens is 234 g/mol. The highest BCUT2D eigenvalue weighted by Crippen LogP contribution is 2.25. The molecule has 0 aromatic carbocycles. The van der Waals surface area contributed by atoms with Crippen LogP contribution >= 0.6 is 0 Å². The number of nitrogens with two attached hydrogens (primary N) is 1. The van der Waals surface area contributed by atoms with Crippen molar-refractivity contribution < 1.29 is 14.7 Å². The van der Waals surface area contributed by atoms with Crippen LogP contribution < -0.4 is 10.6 Å². The number of nitrogens with zero attached hydrogens (tertiary/aromatic N) is 2. The van der Waals surface area contributed by atoms with Crippen LogP contribution in [0.1, 0.15) is 23.2 Å². The molecule has 1 saturated heterocycles. The van der Waals surface area contributed by atoms with Gasteiger partial charge in [-0.1, -0.05) is 0 Å². The molecule has 0 saturated carbocycles. The first-order chi connectivity index (χ1) is 8.59. The van der Waals surface area contributed by atoms with E-state index in [4.69, 9.17) is 10.8 Å². The Morgan fingerprint density at radius 3 is 2.94 bits per heavy atom. The quantitative estimate of drug-likeness (QED) is 0.812. The number of pyridine rings is 1. The Labute approximate surface area is 104 Å². The van der Waals surface area contributed by atoms with Crippen LogP contribution in [0.4, 0.5) is 5.69 Å². The van der Waals surface area contributed by atoms with Gasteiger partial charge in [0.1, 0.15) is 0 Å². The van der Waals surface area contributed by atoms with E-state index in [0.717, 1.165) is 19.4 Å². The Morgan fingerprint density at radius 2 is 2.28 bits per heavy atom. The summed E-state index contributed by atoms with van der Waals surface area (Å²) in [4.78, 5) is 28.2. The van der Waals surface area contributed by atoms with Crippen LogP contribution in [-0.4, -0.2) is 35.1 Å². The van der Waals surface area contributed by atoms with E-state index in [2.05, 4.69) is 4.98 Å². The maximum absolute atomic E-state index is 11.2. The van der Waals surface area contributed by atoms with Crippen molar-refractivity contribution in [2.45, 2.75) is 12.8 Å². The first kappa shape index (κ1) is 12.3. The molecule has 1 unspecified atom stereocenters. The second-order valence-electron chi connectivity index (χ2n) is 4.39. The summed E-state index contributed by atoms with van der Waals surface area (Å²) in [6.45, 7) is 1.18. The Morgan fingerprint density at radius 1 is 1.50 bits per heavy atom. The highest BCUT2D eigenvalue weighted by molar-refractivity contribution is 5.94. The Hall–Kier alpha value is -2.11. The van der Waals surface area contributed by atoms with Crippen molar-refractivity contribution >= 4 is 17.6 Å². The van der Waals surface area contributed by atoms with Crippen LogP contribution in [0.5, 0.6) is 0 Å². The summed E-state index contributed by atoms with van der Waals surface area (Å²) in [7, 11) is 0. The molecule has 6 heteroatoms. The smallest absolute Gasteiger partial charge is 0.337 e. The zero-order valence-corrected chi connectivity index (χ0v) is 9.87. The largest absolute Gasteiger partial charge is 0.478 e. The van der Waals surface area contributed by atoms with Gasteiger partial charge in [-0.05, 0) is 18.9 Å². The molecule has 1 amide bonds. The van der Waals surface area contributed by atoms with Crippen LogP contribution in [0.3, 0.4) is 0 Å². The number of carboxylic acid groups (broad SMARTS) is 1. The van der Waals surface area contributed by atoms with Gasteiger partial charge in [0.2, 0.25) is 5.91 Å². The summed E-state index contributed by atoms with van der Waals surface area (Å²) in [5, 5.41) is 9.13. The maximum atomic E-state index is 11.2. The minimum absolute atomic E-state index is 0.204. The van der Waals surface area contributed by atoms with Crippen LogP contribution in [0, 0.1) is 5.92 Å². The molecule has 2 rings (SSSR count). The normalized spacial score (nSPS) is 19.6. The summed E-state index contributed by atoms with van der Waals surface area (Å²) in [6.07, 6.45) is 4.55. The zero-order chi connectivity index (χ0) is 13.1. The Kier molecular flexibility index (Phi) is 3.45. The third kappa shape index (κ3) is 2.42. The van der Waals surface area contributed by atoms with Crippen molar-refractivity contribution in [1.82, 2.24) is 4.98 Å². The van der Waals surface area contributed by atoms with E-state index in [1.807, 2.05) is 4.90 Å². The van der Waals surface area contributed by atoms with Gasteiger partial charge in [0.05, 0.1) is 23.4 Å². The van der Waals surface area contributed by atoms with E-state index in [9.17, 15) is 9.59 Å². The highest BCUT2D eigenvalue weighted by Gasteiger charge is 2.26. The number of piperidine rings is 1. The number of hydrogen-bond donors (Lipinski definition) is 2. The molecule has 1 atom stereocenters. The lowest BCUT2D eigenvalue weighted by atomic mass is 9.96. The molecule has 1 aliphatic rings. The van der Waals surface area contributed by atoms with Gasteiger partial charge in [0.25, 0.3) is 0 Å². The molecule has 1 fully saturated rings. The molecule has 1 aromatic rings. The fourth-order valence-corrected chi connectivity index (χ4v) is 2.25. The van der Waals surface area contributed by atoms with E-state index in [1.54, 1.807) is 0 Å². The first-order valence-corrected chi connectivity index (χ1v) is 5.81. The van der Waals surface area contributed by atoms with Crippen LogP contribution in [0.2, 0.25) is 0 Å². The van der Waals surface area contributed by atoms with Gasteiger partial charge in [0, 0.05) is 19.3 Å². The predicted molar refractivity (Wildman–Crippen MR) is 65.3 cm³/mol. The number of amides is 1. The van der Waals surface area contributed by atoms with Gasteiger partial charge < -0.3 is 15.7 Å². The summed E-state index contributed by atoms with van der Waals surface area (Å²) >= 11 is 0. The summed E-state index contributed by atoms with van der Waals surface area (Å²) in [5.41, 5.74) is 6.06. The van der Waals surface area contributed by atoms with E-state index >= 15 is 0 Å². The molecule has 18 heavy (non-hydrogen) atoms. The number of carboxylic acids is 1. The van der Waals surface area contributed by atoms with Crippen molar-refractivity contribution in [3.8, 4) is 0 Å². The molecule has 1 aliphatic heterocycles.